The molecule has 25 heavy (non-hydrogen) atoms. The molecule has 1 aromatic carbocycles. The molecule has 3 N–H and O–H groups in total. The van der Waals surface area contributed by atoms with E-state index in [1.807, 2.05) is 41.8 Å². The highest BCUT2D eigenvalue weighted by Gasteiger charge is 2.24. The van der Waals surface area contributed by atoms with Gasteiger partial charge in [-0.1, -0.05) is 18.9 Å². The number of phenolic OH excluding ortho intramolecular Hbond substituents is 1. The second-order valence-corrected chi connectivity index (χ2v) is 6.76. The summed E-state index contributed by atoms with van der Waals surface area (Å²) in [6.45, 7) is 1.93. The molecule has 4 rings (SSSR count). The highest BCUT2D eigenvalue weighted by Crippen LogP contribution is 2.31. The molecule has 2 atom stereocenters. The van der Waals surface area contributed by atoms with Crippen LogP contribution in [0, 0.1) is 6.92 Å². The fourth-order valence-electron chi connectivity index (χ4n) is 3.53. The van der Waals surface area contributed by atoms with Crippen molar-refractivity contribution in [3.63, 3.8) is 0 Å². The van der Waals surface area contributed by atoms with E-state index in [1.54, 1.807) is 6.07 Å². The average molecular weight is 338 g/mol. The van der Waals surface area contributed by atoms with Crippen LogP contribution in [0.4, 0.5) is 5.82 Å². The zero-order valence-electron chi connectivity index (χ0n) is 14.2. The van der Waals surface area contributed by atoms with Crippen molar-refractivity contribution in [1.29, 1.82) is 0 Å². The van der Waals surface area contributed by atoms with Crippen LogP contribution in [-0.2, 0) is 0 Å². The van der Waals surface area contributed by atoms with E-state index in [0.717, 1.165) is 36.8 Å². The Morgan fingerprint density at radius 2 is 2.00 bits per heavy atom. The van der Waals surface area contributed by atoms with Crippen molar-refractivity contribution < 1.29 is 10.2 Å². The van der Waals surface area contributed by atoms with Gasteiger partial charge in [0.05, 0.1) is 23.2 Å². The summed E-state index contributed by atoms with van der Waals surface area (Å²) in [7, 11) is 0. The van der Waals surface area contributed by atoms with E-state index in [9.17, 15) is 10.2 Å². The topological polar surface area (TPSA) is 82.7 Å². The molecule has 2 aromatic heterocycles. The number of anilines is 1. The Morgan fingerprint density at radius 3 is 2.80 bits per heavy atom. The Morgan fingerprint density at radius 1 is 1.16 bits per heavy atom. The second kappa shape index (κ2) is 6.37. The number of aliphatic hydroxyl groups is 1. The first kappa shape index (κ1) is 15.9. The van der Waals surface area contributed by atoms with Crippen molar-refractivity contribution >= 4 is 11.3 Å². The summed E-state index contributed by atoms with van der Waals surface area (Å²) < 4.78 is 1.91. The number of hydrogen-bond acceptors (Lipinski definition) is 5. The quantitative estimate of drug-likeness (QED) is 0.683. The minimum Gasteiger partial charge on any atom is -0.507 e. The monoisotopic (exact) mass is 338 g/mol. The van der Waals surface area contributed by atoms with E-state index < -0.39 is 0 Å². The van der Waals surface area contributed by atoms with Gasteiger partial charge in [-0.2, -0.15) is 0 Å². The lowest BCUT2D eigenvalue weighted by molar-refractivity contribution is 0.116. The van der Waals surface area contributed by atoms with Crippen LogP contribution in [0.2, 0.25) is 0 Å². The molecular formula is C19H22N4O2. The molecule has 0 saturated heterocycles. The Labute approximate surface area is 146 Å². The Balaban J connectivity index is 1.74. The molecule has 6 heteroatoms. The van der Waals surface area contributed by atoms with Crippen molar-refractivity contribution in [1.82, 2.24) is 14.6 Å². The van der Waals surface area contributed by atoms with Gasteiger partial charge in [-0.3, -0.25) is 4.40 Å². The van der Waals surface area contributed by atoms with Crippen LogP contribution in [0.15, 0.2) is 36.5 Å². The first-order valence-corrected chi connectivity index (χ1v) is 8.72. The average Bonchev–Trinajstić information content (AvgIpc) is 3.08. The summed E-state index contributed by atoms with van der Waals surface area (Å²) in [6.07, 6.45) is 5.47. The number of nitrogens with one attached hydrogen (secondary N) is 1. The number of phenols is 1. The Kier molecular flexibility index (Phi) is 4.05. The number of aryl methyl sites for hydroxylation is 1. The lowest BCUT2D eigenvalue weighted by Crippen LogP contribution is -2.36. The minimum absolute atomic E-state index is 0.000350. The number of fused-ring (bicyclic) bond motifs is 1. The third-order valence-corrected chi connectivity index (χ3v) is 4.91. The third-order valence-electron chi connectivity index (χ3n) is 4.91. The van der Waals surface area contributed by atoms with E-state index in [-0.39, 0.29) is 17.9 Å². The molecule has 1 aliphatic carbocycles. The molecule has 1 fully saturated rings. The van der Waals surface area contributed by atoms with Gasteiger partial charge in [0, 0.05) is 6.20 Å². The lowest BCUT2D eigenvalue weighted by Gasteiger charge is -2.28. The normalized spacial score (nSPS) is 20.7. The van der Waals surface area contributed by atoms with Gasteiger partial charge in [-0.25, -0.2) is 0 Å². The summed E-state index contributed by atoms with van der Waals surface area (Å²) in [5.74, 6) is 1.44. The van der Waals surface area contributed by atoms with Gasteiger partial charge in [0.25, 0.3) is 0 Å². The van der Waals surface area contributed by atoms with Gasteiger partial charge in [0.2, 0.25) is 0 Å². The fourth-order valence-corrected chi connectivity index (χ4v) is 3.53. The van der Waals surface area contributed by atoms with E-state index >= 15 is 0 Å². The maximum absolute atomic E-state index is 10.3. The molecular weight excluding hydrogens is 316 g/mol. The predicted octanol–water partition coefficient (Wildman–Crippen LogP) is 3.13. The number of aliphatic hydroxyl groups excluding tert-OH is 1. The van der Waals surface area contributed by atoms with E-state index in [2.05, 4.69) is 15.5 Å². The summed E-state index contributed by atoms with van der Waals surface area (Å²) in [6, 6.07) is 9.40. The SMILES string of the molecule is Cc1ccc(-c2nnc(N[C@@H]3CCCC[C@H]3O)c3cccn23)c(O)c1. The molecule has 0 aliphatic heterocycles. The third kappa shape index (κ3) is 2.93. The molecule has 0 amide bonds. The van der Waals surface area contributed by atoms with Crippen LogP contribution in [0.25, 0.3) is 16.9 Å². The van der Waals surface area contributed by atoms with Crippen LogP contribution in [0.1, 0.15) is 31.2 Å². The summed E-state index contributed by atoms with van der Waals surface area (Å²) in [4.78, 5) is 0. The first-order chi connectivity index (χ1) is 12.1. The number of aromatic nitrogens is 3. The van der Waals surface area contributed by atoms with Crippen molar-refractivity contribution in [2.75, 3.05) is 5.32 Å². The van der Waals surface area contributed by atoms with Crippen LogP contribution < -0.4 is 5.32 Å². The minimum atomic E-state index is -0.355. The lowest BCUT2D eigenvalue weighted by atomic mass is 9.92. The molecule has 0 bridgehead atoms. The van der Waals surface area contributed by atoms with Gasteiger partial charge in [-0.15, -0.1) is 10.2 Å². The number of aromatic hydroxyl groups is 1. The standard InChI is InChI=1S/C19H22N4O2/c1-12-8-9-13(17(25)11-12)19-22-21-18(15-6-4-10-23(15)19)20-14-5-2-3-7-16(14)24/h4,6,8-11,14,16,24-25H,2-3,5,7H2,1H3,(H,20,21)/t14-,16-/m1/s1. The summed E-state index contributed by atoms with van der Waals surface area (Å²) in [5.41, 5.74) is 2.51. The molecule has 2 heterocycles. The van der Waals surface area contributed by atoms with Crippen molar-refractivity contribution in [2.45, 2.75) is 44.8 Å². The van der Waals surface area contributed by atoms with E-state index in [1.165, 1.54) is 0 Å². The van der Waals surface area contributed by atoms with Crippen LogP contribution in [0.5, 0.6) is 5.75 Å². The molecule has 130 valence electrons. The molecule has 6 nitrogen and oxygen atoms in total. The molecule has 1 saturated carbocycles. The van der Waals surface area contributed by atoms with E-state index in [4.69, 9.17) is 0 Å². The molecule has 0 spiro atoms. The largest absolute Gasteiger partial charge is 0.507 e. The number of benzene rings is 1. The van der Waals surface area contributed by atoms with Gasteiger partial charge in [0.1, 0.15) is 5.75 Å². The van der Waals surface area contributed by atoms with Crippen molar-refractivity contribution in [3.05, 3.63) is 42.1 Å². The number of nitrogens with zero attached hydrogens (tertiary/aromatic N) is 3. The van der Waals surface area contributed by atoms with E-state index in [0.29, 0.717) is 17.2 Å². The molecule has 3 aromatic rings. The first-order valence-electron chi connectivity index (χ1n) is 8.72. The van der Waals surface area contributed by atoms with Crippen molar-refractivity contribution in [3.8, 4) is 17.1 Å². The predicted molar refractivity (Wildman–Crippen MR) is 96.7 cm³/mol. The molecule has 1 aliphatic rings. The van der Waals surface area contributed by atoms with Gasteiger partial charge < -0.3 is 15.5 Å². The van der Waals surface area contributed by atoms with Crippen LogP contribution >= 0.6 is 0 Å². The van der Waals surface area contributed by atoms with Gasteiger partial charge in [-0.05, 0) is 49.6 Å². The second-order valence-electron chi connectivity index (χ2n) is 6.76. The Bertz CT molecular complexity index is 906. The summed E-state index contributed by atoms with van der Waals surface area (Å²) >= 11 is 0. The number of rotatable bonds is 3. The fraction of sp³-hybridized carbons (Fsp3) is 0.368. The zero-order chi connectivity index (χ0) is 17.4. The van der Waals surface area contributed by atoms with Crippen LogP contribution in [0.3, 0.4) is 0 Å². The highest BCUT2D eigenvalue weighted by molar-refractivity contribution is 5.74. The molecule has 0 radical (unpaired) electrons. The molecule has 0 unspecified atom stereocenters. The highest BCUT2D eigenvalue weighted by atomic mass is 16.3. The van der Waals surface area contributed by atoms with Crippen molar-refractivity contribution in [2.24, 2.45) is 0 Å². The van der Waals surface area contributed by atoms with Crippen LogP contribution in [-0.4, -0.2) is 37.0 Å². The Hall–Kier alpha value is -2.60. The maximum Gasteiger partial charge on any atom is 0.173 e. The summed E-state index contributed by atoms with van der Waals surface area (Å²) in [5, 5.41) is 32.5. The van der Waals surface area contributed by atoms with Gasteiger partial charge in [0.15, 0.2) is 11.6 Å². The van der Waals surface area contributed by atoms with Gasteiger partial charge >= 0.3 is 0 Å². The maximum atomic E-state index is 10.3. The number of hydrogen-bond donors (Lipinski definition) is 3. The smallest absolute Gasteiger partial charge is 0.173 e. The zero-order valence-corrected chi connectivity index (χ0v) is 14.2.